The molecule has 0 aromatic heterocycles. The van der Waals surface area contributed by atoms with E-state index in [1.807, 2.05) is 0 Å². The van der Waals surface area contributed by atoms with Gasteiger partial charge in [0.15, 0.2) is 0 Å². The fourth-order valence-electron chi connectivity index (χ4n) is 1.23. The van der Waals surface area contributed by atoms with E-state index in [0.29, 0.717) is 11.1 Å². The van der Waals surface area contributed by atoms with Gasteiger partial charge in [-0.1, -0.05) is 0 Å². The van der Waals surface area contributed by atoms with Crippen molar-refractivity contribution in [2.75, 3.05) is 19.6 Å². The highest BCUT2D eigenvalue weighted by atomic mass is 79.9. The first kappa shape index (κ1) is 14.4. The Hall–Kier alpha value is -0.650. The molecule has 0 aliphatic heterocycles. The molecule has 0 radical (unpaired) electrons. The largest absolute Gasteiger partial charge is 0.383 e. The summed E-state index contributed by atoms with van der Waals surface area (Å²) in [6.07, 6.45) is 0. The van der Waals surface area contributed by atoms with Crippen LogP contribution in [0.5, 0.6) is 0 Å². The number of halogens is 3. The van der Waals surface area contributed by atoms with Gasteiger partial charge in [-0.15, -0.1) is 11.6 Å². The van der Waals surface area contributed by atoms with E-state index in [1.165, 1.54) is 19.2 Å². The molecular formula is C11H12BrClFNO2. The van der Waals surface area contributed by atoms with Crippen LogP contribution in [0.25, 0.3) is 0 Å². The first-order chi connectivity index (χ1) is 8.08. The summed E-state index contributed by atoms with van der Waals surface area (Å²) >= 11 is 8.68. The SMILES string of the molecule is COCC(CCl)NC(=O)c1ccc(Br)c(F)c1. The fourth-order valence-corrected chi connectivity index (χ4v) is 1.64. The average molecular weight is 325 g/mol. The van der Waals surface area contributed by atoms with E-state index in [2.05, 4.69) is 21.2 Å². The van der Waals surface area contributed by atoms with E-state index >= 15 is 0 Å². The van der Waals surface area contributed by atoms with E-state index in [9.17, 15) is 9.18 Å². The van der Waals surface area contributed by atoms with E-state index in [1.54, 1.807) is 0 Å². The Labute approximate surface area is 112 Å². The van der Waals surface area contributed by atoms with Crippen LogP contribution in [0.2, 0.25) is 0 Å². The summed E-state index contributed by atoms with van der Waals surface area (Å²) < 4.78 is 18.4. The maximum Gasteiger partial charge on any atom is 0.251 e. The van der Waals surface area contributed by atoms with Gasteiger partial charge in [0.2, 0.25) is 0 Å². The Bertz CT molecular complexity index is 403. The molecule has 1 aromatic rings. The molecule has 0 saturated carbocycles. The number of amides is 1. The van der Waals surface area contributed by atoms with Crippen LogP contribution >= 0.6 is 27.5 Å². The molecule has 0 saturated heterocycles. The van der Waals surface area contributed by atoms with Crippen LogP contribution in [0.15, 0.2) is 22.7 Å². The molecule has 1 rings (SSSR count). The minimum absolute atomic E-state index is 0.235. The van der Waals surface area contributed by atoms with Crippen molar-refractivity contribution in [2.24, 2.45) is 0 Å². The summed E-state index contributed by atoms with van der Waals surface area (Å²) in [4.78, 5) is 11.7. The Morgan fingerprint density at radius 2 is 2.35 bits per heavy atom. The van der Waals surface area contributed by atoms with Crippen LogP contribution < -0.4 is 5.32 Å². The minimum Gasteiger partial charge on any atom is -0.383 e. The third-order valence-electron chi connectivity index (χ3n) is 2.07. The van der Waals surface area contributed by atoms with E-state index in [4.69, 9.17) is 16.3 Å². The van der Waals surface area contributed by atoms with Crippen molar-refractivity contribution in [3.8, 4) is 0 Å². The molecule has 0 bridgehead atoms. The Balaban J connectivity index is 2.72. The lowest BCUT2D eigenvalue weighted by Gasteiger charge is -2.15. The summed E-state index contributed by atoms with van der Waals surface area (Å²) in [6, 6.07) is 3.88. The van der Waals surface area contributed by atoms with Gasteiger partial charge >= 0.3 is 0 Å². The zero-order chi connectivity index (χ0) is 12.8. The van der Waals surface area contributed by atoms with E-state index < -0.39 is 5.82 Å². The number of methoxy groups -OCH3 is 1. The van der Waals surface area contributed by atoms with Gasteiger partial charge in [0, 0.05) is 18.6 Å². The number of benzene rings is 1. The first-order valence-corrected chi connectivity index (χ1v) is 6.22. The van der Waals surface area contributed by atoms with Crippen molar-refractivity contribution in [1.29, 1.82) is 0 Å². The third-order valence-corrected chi connectivity index (χ3v) is 3.09. The summed E-state index contributed by atoms with van der Waals surface area (Å²) in [6.45, 7) is 0.314. The molecule has 6 heteroatoms. The number of hydrogen-bond donors (Lipinski definition) is 1. The summed E-state index contributed by atoms with van der Waals surface area (Å²) in [5.74, 6) is -0.621. The normalized spacial score (nSPS) is 12.2. The topological polar surface area (TPSA) is 38.3 Å². The number of hydrogen-bond acceptors (Lipinski definition) is 2. The lowest BCUT2D eigenvalue weighted by molar-refractivity contribution is 0.0906. The molecule has 1 atom stereocenters. The van der Waals surface area contributed by atoms with Crippen molar-refractivity contribution in [3.63, 3.8) is 0 Å². The second-order valence-electron chi connectivity index (χ2n) is 3.41. The number of alkyl halides is 1. The molecule has 0 aliphatic rings. The van der Waals surface area contributed by atoms with Gasteiger partial charge in [0.05, 0.1) is 17.1 Å². The van der Waals surface area contributed by atoms with Crippen LogP contribution in [0.4, 0.5) is 4.39 Å². The maximum absolute atomic E-state index is 13.2. The Morgan fingerprint density at radius 3 is 2.88 bits per heavy atom. The van der Waals surface area contributed by atoms with Crippen LogP contribution in [0.1, 0.15) is 10.4 Å². The third kappa shape index (κ3) is 4.26. The molecular weight excluding hydrogens is 312 g/mol. The van der Waals surface area contributed by atoms with Gasteiger partial charge in [-0.3, -0.25) is 4.79 Å². The van der Waals surface area contributed by atoms with Gasteiger partial charge in [0.1, 0.15) is 5.82 Å². The quantitative estimate of drug-likeness (QED) is 0.846. The molecule has 94 valence electrons. The summed E-state index contributed by atoms with van der Waals surface area (Å²) in [7, 11) is 1.52. The van der Waals surface area contributed by atoms with Crippen molar-refractivity contribution >= 4 is 33.4 Å². The highest BCUT2D eigenvalue weighted by Gasteiger charge is 2.13. The Kier molecular flexibility index (Phi) is 5.88. The zero-order valence-electron chi connectivity index (χ0n) is 9.17. The number of carbonyl (C=O) groups is 1. The maximum atomic E-state index is 13.2. The minimum atomic E-state index is -0.480. The molecule has 1 unspecified atom stereocenters. The second-order valence-corrected chi connectivity index (χ2v) is 4.57. The van der Waals surface area contributed by atoms with Gasteiger partial charge in [-0.05, 0) is 34.1 Å². The number of carbonyl (C=O) groups excluding carboxylic acids is 1. The molecule has 3 nitrogen and oxygen atoms in total. The monoisotopic (exact) mass is 323 g/mol. The lowest BCUT2D eigenvalue weighted by Crippen LogP contribution is -2.39. The molecule has 0 aliphatic carbocycles. The molecule has 0 spiro atoms. The molecule has 1 amide bonds. The molecule has 17 heavy (non-hydrogen) atoms. The van der Waals surface area contributed by atoms with Crippen molar-refractivity contribution in [3.05, 3.63) is 34.1 Å². The standard InChI is InChI=1S/C11H12BrClFNO2/c1-17-6-8(5-13)15-11(16)7-2-3-9(12)10(14)4-7/h2-4,8H,5-6H2,1H3,(H,15,16). The van der Waals surface area contributed by atoms with Crippen molar-refractivity contribution in [2.45, 2.75) is 6.04 Å². The molecule has 0 fully saturated rings. The number of ether oxygens (including phenoxy) is 1. The highest BCUT2D eigenvalue weighted by molar-refractivity contribution is 9.10. The van der Waals surface area contributed by atoms with E-state index in [-0.39, 0.29) is 23.4 Å². The predicted molar refractivity (Wildman–Crippen MR) is 68.0 cm³/mol. The van der Waals surface area contributed by atoms with E-state index in [0.717, 1.165) is 6.07 Å². The van der Waals surface area contributed by atoms with Crippen LogP contribution in [0, 0.1) is 5.82 Å². The van der Waals surface area contributed by atoms with Gasteiger partial charge in [0.25, 0.3) is 5.91 Å². The number of rotatable bonds is 5. The Morgan fingerprint density at radius 1 is 1.65 bits per heavy atom. The van der Waals surface area contributed by atoms with Crippen LogP contribution in [-0.4, -0.2) is 31.5 Å². The molecule has 1 N–H and O–H groups in total. The van der Waals surface area contributed by atoms with Crippen LogP contribution in [-0.2, 0) is 4.74 Å². The lowest BCUT2D eigenvalue weighted by atomic mass is 10.2. The van der Waals surface area contributed by atoms with Gasteiger partial charge < -0.3 is 10.1 Å². The van der Waals surface area contributed by atoms with Crippen LogP contribution in [0.3, 0.4) is 0 Å². The smallest absolute Gasteiger partial charge is 0.251 e. The van der Waals surface area contributed by atoms with Crippen molar-refractivity contribution in [1.82, 2.24) is 5.32 Å². The molecule has 0 heterocycles. The summed E-state index contributed by atoms with van der Waals surface area (Å²) in [5.41, 5.74) is 0.247. The van der Waals surface area contributed by atoms with Gasteiger partial charge in [-0.2, -0.15) is 0 Å². The fraction of sp³-hybridized carbons (Fsp3) is 0.364. The average Bonchev–Trinajstić information content (AvgIpc) is 2.31. The van der Waals surface area contributed by atoms with Crippen molar-refractivity contribution < 1.29 is 13.9 Å². The second kappa shape index (κ2) is 6.93. The molecule has 1 aromatic carbocycles. The summed E-state index contributed by atoms with van der Waals surface area (Å²) in [5, 5.41) is 2.65. The zero-order valence-corrected chi connectivity index (χ0v) is 11.5. The first-order valence-electron chi connectivity index (χ1n) is 4.89. The highest BCUT2D eigenvalue weighted by Crippen LogP contribution is 2.16. The predicted octanol–water partition coefficient (Wildman–Crippen LogP) is 2.57. The number of nitrogens with one attached hydrogen (secondary N) is 1. The van der Waals surface area contributed by atoms with Gasteiger partial charge in [-0.25, -0.2) is 4.39 Å².